The van der Waals surface area contributed by atoms with Crippen molar-refractivity contribution in [1.82, 2.24) is 20.0 Å². The first-order valence-corrected chi connectivity index (χ1v) is 12.2. The molecule has 0 spiro atoms. The number of rotatable bonds is 2. The van der Waals surface area contributed by atoms with E-state index in [0.717, 1.165) is 77.7 Å². The van der Waals surface area contributed by atoms with Gasteiger partial charge in [-0.1, -0.05) is 12.8 Å². The fourth-order valence-electron chi connectivity index (χ4n) is 6.69. The molecule has 4 amide bonds. The predicted octanol–water partition coefficient (Wildman–Crippen LogP) is 2.21. The van der Waals surface area contributed by atoms with Crippen LogP contribution in [0.15, 0.2) is 0 Å². The SMILES string of the molecule is O=C(NC1CCN(C(=O)N2C[C@H]3C[C@H](C2)[C@H]2CCCC(=O)N2C3)CC1)C1CCCC1. The largest absolute Gasteiger partial charge is 0.353 e. The summed E-state index contributed by atoms with van der Waals surface area (Å²) in [5, 5.41) is 3.24. The van der Waals surface area contributed by atoms with E-state index < -0.39 is 0 Å². The van der Waals surface area contributed by atoms with Gasteiger partial charge in [-0.05, 0) is 56.8 Å². The lowest BCUT2D eigenvalue weighted by molar-refractivity contribution is -0.144. The van der Waals surface area contributed by atoms with Gasteiger partial charge in [0.1, 0.15) is 0 Å². The van der Waals surface area contributed by atoms with Gasteiger partial charge < -0.3 is 20.0 Å². The van der Waals surface area contributed by atoms with E-state index in [1.54, 1.807) is 0 Å². The summed E-state index contributed by atoms with van der Waals surface area (Å²) < 4.78 is 0. The van der Waals surface area contributed by atoms with Gasteiger partial charge in [-0.2, -0.15) is 0 Å². The normalized spacial score (nSPS) is 32.9. The highest BCUT2D eigenvalue weighted by molar-refractivity contribution is 5.79. The molecule has 0 aromatic rings. The molecule has 4 heterocycles. The average molecular weight is 417 g/mol. The number of carbonyl (C=O) groups excluding carboxylic acids is 3. The lowest BCUT2D eigenvalue weighted by atomic mass is 9.76. The number of nitrogens with one attached hydrogen (secondary N) is 1. The first-order valence-electron chi connectivity index (χ1n) is 12.2. The van der Waals surface area contributed by atoms with Crippen LogP contribution < -0.4 is 5.32 Å². The lowest BCUT2D eigenvalue weighted by Gasteiger charge is -2.53. The molecule has 0 unspecified atom stereocenters. The van der Waals surface area contributed by atoms with Gasteiger partial charge in [0.25, 0.3) is 0 Å². The average Bonchev–Trinajstić information content (AvgIpc) is 3.30. The molecule has 0 aromatic heterocycles. The molecule has 7 heteroatoms. The molecule has 1 N–H and O–H groups in total. The van der Waals surface area contributed by atoms with Crippen molar-refractivity contribution in [2.45, 2.75) is 76.3 Å². The Balaban J connectivity index is 1.13. The van der Waals surface area contributed by atoms with Crippen molar-refractivity contribution in [1.29, 1.82) is 0 Å². The Bertz CT molecular complexity index is 684. The van der Waals surface area contributed by atoms with Crippen molar-refractivity contribution >= 4 is 17.8 Å². The number of piperidine rings is 4. The lowest BCUT2D eigenvalue weighted by Crippen LogP contribution is -2.62. The number of fused-ring (bicyclic) bond motifs is 4. The van der Waals surface area contributed by atoms with Gasteiger partial charge in [0, 0.05) is 57.1 Å². The molecule has 7 nitrogen and oxygen atoms in total. The van der Waals surface area contributed by atoms with Crippen molar-refractivity contribution in [2.24, 2.45) is 17.8 Å². The van der Waals surface area contributed by atoms with Crippen LogP contribution >= 0.6 is 0 Å². The first kappa shape index (κ1) is 20.1. The molecular formula is C23H36N4O3. The Labute approximate surface area is 179 Å². The van der Waals surface area contributed by atoms with Crippen LogP contribution in [-0.4, -0.2) is 77.4 Å². The zero-order chi connectivity index (χ0) is 20.7. The fourth-order valence-corrected chi connectivity index (χ4v) is 6.69. The second-order valence-corrected chi connectivity index (χ2v) is 10.3. The molecule has 0 radical (unpaired) electrons. The summed E-state index contributed by atoms with van der Waals surface area (Å²) in [6.07, 6.45) is 10.1. The second kappa shape index (κ2) is 8.39. The monoisotopic (exact) mass is 416 g/mol. The molecule has 1 saturated carbocycles. The minimum atomic E-state index is 0.167. The molecule has 4 aliphatic heterocycles. The summed E-state index contributed by atoms with van der Waals surface area (Å²) in [7, 11) is 0. The molecule has 1 aliphatic carbocycles. The molecule has 4 saturated heterocycles. The number of urea groups is 1. The summed E-state index contributed by atoms with van der Waals surface area (Å²) >= 11 is 0. The summed E-state index contributed by atoms with van der Waals surface area (Å²) in [5.41, 5.74) is 0. The Hall–Kier alpha value is -1.79. The molecule has 5 rings (SSSR count). The smallest absolute Gasteiger partial charge is 0.320 e. The maximum Gasteiger partial charge on any atom is 0.320 e. The quantitative estimate of drug-likeness (QED) is 0.750. The summed E-state index contributed by atoms with van der Waals surface area (Å²) in [4.78, 5) is 44.1. The Morgan fingerprint density at radius 1 is 0.867 bits per heavy atom. The number of carbonyl (C=O) groups is 3. The van der Waals surface area contributed by atoms with Gasteiger partial charge in [0.05, 0.1) is 0 Å². The van der Waals surface area contributed by atoms with E-state index in [9.17, 15) is 14.4 Å². The molecule has 2 bridgehead atoms. The van der Waals surface area contributed by atoms with Gasteiger partial charge in [-0.15, -0.1) is 0 Å². The van der Waals surface area contributed by atoms with Crippen LogP contribution in [-0.2, 0) is 9.59 Å². The number of hydrogen-bond acceptors (Lipinski definition) is 3. The number of amides is 4. The zero-order valence-corrected chi connectivity index (χ0v) is 18.1. The summed E-state index contributed by atoms with van der Waals surface area (Å²) in [6, 6.07) is 0.722. The van der Waals surface area contributed by atoms with Crippen LogP contribution in [0, 0.1) is 17.8 Å². The molecule has 5 aliphatic rings. The number of nitrogens with zero attached hydrogens (tertiary/aromatic N) is 3. The zero-order valence-electron chi connectivity index (χ0n) is 18.1. The van der Waals surface area contributed by atoms with Gasteiger partial charge in [-0.25, -0.2) is 4.79 Å². The van der Waals surface area contributed by atoms with Gasteiger partial charge in [0.2, 0.25) is 11.8 Å². The summed E-state index contributed by atoms with van der Waals surface area (Å²) in [6.45, 7) is 3.87. The van der Waals surface area contributed by atoms with Crippen LogP contribution in [0.2, 0.25) is 0 Å². The van der Waals surface area contributed by atoms with Crippen molar-refractivity contribution in [3.63, 3.8) is 0 Å². The highest BCUT2D eigenvalue weighted by Gasteiger charge is 2.45. The maximum atomic E-state index is 13.2. The van der Waals surface area contributed by atoms with Crippen molar-refractivity contribution < 1.29 is 14.4 Å². The molecule has 0 aromatic carbocycles. The highest BCUT2D eigenvalue weighted by Crippen LogP contribution is 2.38. The Morgan fingerprint density at radius 2 is 1.63 bits per heavy atom. The van der Waals surface area contributed by atoms with E-state index in [1.165, 1.54) is 12.8 Å². The van der Waals surface area contributed by atoms with Gasteiger partial charge in [0.15, 0.2) is 0 Å². The van der Waals surface area contributed by atoms with Crippen molar-refractivity contribution in [3.8, 4) is 0 Å². The third kappa shape index (κ3) is 3.92. The third-order valence-corrected chi connectivity index (χ3v) is 8.29. The predicted molar refractivity (Wildman–Crippen MR) is 113 cm³/mol. The van der Waals surface area contributed by atoms with E-state index in [-0.39, 0.29) is 23.9 Å². The minimum absolute atomic E-state index is 0.167. The molecule has 30 heavy (non-hydrogen) atoms. The Morgan fingerprint density at radius 3 is 2.40 bits per heavy atom. The topological polar surface area (TPSA) is 73.0 Å². The van der Waals surface area contributed by atoms with Gasteiger partial charge in [-0.3, -0.25) is 9.59 Å². The number of hydrogen-bond donors (Lipinski definition) is 1. The second-order valence-electron chi connectivity index (χ2n) is 10.3. The van der Waals surface area contributed by atoms with Gasteiger partial charge >= 0.3 is 6.03 Å². The van der Waals surface area contributed by atoms with Crippen molar-refractivity contribution in [2.75, 3.05) is 32.7 Å². The molecule has 3 atom stereocenters. The van der Waals surface area contributed by atoms with Crippen LogP contribution in [0.4, 0.5) is 4.79 Å². The van der Waals surface area contributed by atoms with E-state index in [0.29, 0.717) is 30.2 Å². The van der Waals surface area contributed by atoms with Crippen molar-refractivity contribution in [3.05, 3.63) is 0 Å². The van der Waals surface area contributed by atoms with Crippen LogP contribution in [0.1, 0.15) is 64.2 Å². The maximum absolute atomic E-state index is 13.2. The fraction of sp³-hybridized carbons (Fsp3) is 0.870. The van der Waals surface area contributed by atoms with Crippen LogP contribution in [0.5, 0.6) is 0 Å². The standard InChI is InChI=1S/C23H36N4O3/c28-21-7-3-6-20-18-12-16(14-27(20)21)13-26(15-18)23(30)25-10-8-19(9-11-25)24-22(29)17-4-1-2-5-17/h16-20H,1-15H2,(H,24,29)/t16-,18-,20-/m1/s1. The molecular weight excluding hydrogens is 380 g/mol. The molecule has 5 fully saturated rings. The van der Waals surface area contributed by atoms with Crippen LogP contribution in [0.25, 0.3) is 0 Å². The Kier molecular flexibility index (Phi) is 5.63. The van der Waals surface area contributed by atoms with E-state index in [1.807, 2.05) is 4.90 Å². The van der Waals surface area contributed by atoms with Crippen LogP contribution in [0.3, 0.4) is 0 Å². The summed E-state index contributed by atoms with van der Waals surface area (Å²) in [5.74, 6) is 1.63. The minimum Gasteiger partial charge on any atom is -0.353 e. The van der Waals surface area contributed by atoms with E-state index in [2.05, 4.69) is 15.1 Å². The van der Waals surface area contributed by atoms with E-state index >= 15 is 0 Å². The highest BCUT2D eigenvalue weighted by atomic mass is 16.2. The number of likely N-dealkylation sites (tertiary alicyclic amines) is 2. The first-order chi connectivity index (χ1) is 14.6. The van der Waals surface area contributed by atoms with E-state index in [4.69, 9.17) is 0 Å². The third-order valence-electron chi connectivity index (χ3n) is 8.29. The molecule has 166 valence electrons.